The smallest absolute Gasteiger partial charge is 0.258 e. The number of nitrogens with one attached hydrogen (secondary N) is 1. The average Bonchev–Trinajstić information content (AvgIpc) is 3.56. The van der Waals surface area contributed by atoms with Crippen LogP contribution in [0.15, 0.2) is 73.3 Å². The van der Waals surface area contributed by atoms with E-state index in [1.807, 2.05) is 48.5 Å². The Morgan fingerprint density at radius 1 is 1.03 bits per heavy atom. The third-order valence-corrected chi connectivity index (χ3v) is 6.32. The highest BCUT2D eigenvalue weighted by molar-refractivity contribution is 6.05. The van der Waals surface area contributed by atoms with Gasteiger partial charge < -0.3 is 15.3 Å². The van der Waals surface area contributed by atoms with E-state index in [4.69, 9.17) is 0 Å². The molecule has 34 heavy (non-hydrogen) atoms. The number of aromatic nitrogens is 3. The second-order valence-corrected chi connectivity index (χ2v) is 8.42. The van der Waals surface area contributed by atoms with Gasteiger partial charge in [-0.3, -0.25) is 9.59 Å². The number of phenols is 1. The molecule has 1 atom stereocenters. The molecule has 2 heterocycles. The fourth-order valence-electron chi connectivity index (χ4n) is 4.54. The number of phenolic OH excluding ortho intramolecular Hbond substituents is 1. The standard InChI is InChI=1S/C26H25N5O3/c32-24-21-9-4-3-6-18(21)11-12-22(24)26(34)31-13-5-10-23(31)25(33)28-14-19-7-1-2-8-20(19)15-30-17-27-16-29-30/h1-4,6-9,11-12,16-17,23,32H,5,10,13-15H2,(H,28,33). The summed E-state index contributed by atoms with van der Waals surface area (Å²) in [7, 11) is 0. The van der Waals surface area contributed by atoms with Crippen molar-refractivity contribution >= 4 is 22.6 Å². The van der Waals surface area contributed by atoms with Gasteiger partial charge in [-0.2, -0.15) is 5.10 Å². The molecule has 1 aliphatic rings. The van der Waals surface area contributed by atoms with Crippen molar-refractivity contribution in [3.8, 4) is 5.75 Å². The van der Waals surface area contributed by atoms with Gasteiger partial charge in [-0.1, -0.05) is 54.6 Å². The van der Waals surface area contributed by atoms with Crippen LogP contribution >= 0.6 is 0 Å². The van der Waals surface area contributed by atoms with Gasteiger partial charge in [-0.15, -0.1) is 0 Å². The zero-order valence-corrected chi connectivity index (χ0v) is 18.6. The van der Waals surface area contributed by atoms with Gasteiger partial charge in [0.2, 0.25) is 5.91 Å². The SMILES string of the molecule is O=C(NCc1ccccc1Cn1cncn1)C1CCCN1C(=O)c1ccc2ccccc2c1O. The maximum absolute atomic E-state index is 13.3. The Bertz CT molecular complexity index is 1340. The highest BCUT2D eigenvalue weighted by Crippen LogP contribution is 2.31. The number of hydrogen-bond acceptors (Lipinski definition) is 5. The van der Waals surface area contributed by atoms with Gasteiger partial charge in [-0.25, -0.2) is 9.67 Å². The number of rotatable bonds is 6. The van der Waals surface area contributed by atoms with E-state index < -0.39 is 6.04 Å². The number of nitrogens with zero attached hydrogens (tertiary/aromatic N) is 4. The molecule has 8 heteroatoms. The Kier molecular flexibility index (Phi) is 5.95. The lowest BCUT2D eigenvalue weighted by Crippen LogP contribution is -2.45. The van der Waals surface area contributed by atoms with Crippen molar-refractivity contribution < 1.29 is 14.7 Å². The molecular weight excluding hydrogens is 430 g/mol. The minimum absolute atomic E-state index is 0.0452. The van der Waals surface area contributed by atoms with E-state index in [0.717, 1.165) is 22.9 Å². The van der Waals surface area contributed by atoms with E-state index in [-0.39, 0.29) is 23.1 Å². The maximum Gasteiger partial charge on any atom is 0.258 e. The molecule has 0 aliphatic carbocycles. The molecule has 1 aromatic heterocycles. The van der Waals surface area contributed by atoms with Crippen molar-refractivity contribution in [3.63, 3.8) is 0 Å². The average molecular weight is 456 g/mol. The Balaban J connectivity index is 1.30. The molecule has 0 bridgehead atoms. The van der Waals surface area contributed by atoms with E-state index in [2.05, 4.69) is 15.4 Å². The van der Waals surface area contributed by atoms with Gasteiger partial charge in [0.25, 0.3) is 5.91 Å². The fraction of sp³-hybridized carbons (Fsp3) is 0.231. The highest BCUT2D eigenvalue weighted by atomic mass is 16.3. The van der Waals surface area contributed by atoms with Crippen LogP contribution in [0.25, 0.3) is 10.8 Å². The molecule has 3 aromatic carbocycles. The number of carbonyl (C=O) groups is 2. The number of carbonyl (C=O) groups excluding carboxylic acids is 2. The molecule has 2 amide bonds. The number of likely N-dealkylation sites (tertiary alicyclic amines) is 1. The van der Waals surface area contributed by atoms with Crippen molar-refractivity contribution in [2.45, 2.75) is 32.0 Å². The Morgan fingerprint density at radius 3 is 2.65 bits per heavy atom. The summed E-state index contributed by atoms with van der Waals surface area (Å²) >= 11 is 0. The summed E-state index contributed by atoms with van der Waals surface area (Å²) in [4.78, 5) is 31.9. The van der Waals surface area contributed by atoms with Gasteiger partial charge in [0.05, 0.1) is 12.1 Å². The van der Waals surface area contributed by atoms with Gasteiger partial charge in [-0.05, 0) is 35.4 Å². The zero-order chi connectivity index (χ0) is 23.5. The van der Waals surface area contributed by atoms with Crippen LogP contribution in [0.5, 0.6) is 5.75 Å². The fourth-order valence-corrected chi connectivity index (χ4v) is 4.54. The molecule has 8 nitrogen and oxygen atoms in total. The highest BCUT2D eigenvalue weighted by Gasteiger charge is 2.35. The molecule has 0 spiro atoms. The zero-order valence-electron chi connectivity index (χ0n) is 18.6. The second kappa shape index (κ2) is 9.35. The van der Waals surface area contributed by atoms with Gasteiger partial charge in [0, 0.05) is 18.5 Å². The Morgan fingerprint density at radius 2 is 1.82 bits per heavy atom. The Hall–Kier alpha value is -4.20. The molecule has 0 saturated carbocycles. The third-order valence-electron chi connectivity index (χ3n) is 6.32. The molecule has 1 fully saturated rings. The predicted octanol–water partition coefficient (Wildman–Crippen LogP) is 3.11. The number of fused-ring (bicyclic) bond motifs is 1. The molecule has 1 saturated heterocycles. The largest absolute Gasteiger partial charge is 0.506 e. The quantitative estimate of drug-likeness (QED) is 0.465. The second-order valence-electron chi connectivity index (χ2n) is 8.42. The van der Waals surface area contributed by atoms with Gasteiger partial charge in [0.1, 0.15) is 24.4 Å². The monoisotopic (exact) mass is 455 g/mol. The van der Waals surface area contributed by atoms with Crippen LogP contribution in [0, 0.1) is 0 Å². The molecule has 172 valence electrons. The van der Waals surface area contributed by atoms with Crippen LogP contribution in [0.2, 0.25) is 0 Å². The normalized spacial score (nSPS) is 15.5. The molecule has 1 aliphatic heterocycles. The van der Waals surface area contributed by atoms with E-state index in [0.29, 0.717) is 31.4 Å². The first-order valence-corrected chi connectivity index (χ1v) is 11.3. The number of amides is 2. The predicted molar refractivity (Wildman–Crippen MR) is 127 cm³/mol. The first-order chi connectivity index (χ1) is 16.6. The molecule has 2 N–H and O–H groups in total. The summed E-state index contributed by atoms with van der Waals surface area (Å²) < 4.78 is 1.73. The lowest BCUT2D eigenvalue weighted by molar-refractivity contribution is -0.125. The molecule has 1 unspecified atom stereocenters. The topological polar surface area (TPSA) is 100 Å². The lowest BCUT2D eigenvalue weighted by atomic mass is 10.0. The van der Waals surface area contributed by atoms with E-state index in [1.165, 1.54) is 6.33 Å². The van der Waals surface area contributed by atoms with E-state index in [1.54, 1.807) is 28.0 Å². The maximum atomic E-state index is 13.3. The van der Waals surface area contributed by atoms with Crippen LogP contribution in [0.3, 0.4) is 0 Å². The van der Waals surface area contributed by atoms with E-state index >= 15 is 0 Å². The van der Waals surface area contributed by atoms with Gasteiger partial charge in [0.15, 0.2) is 0 Å². The number of aromatic hydroxyl groups is 1. The Labute approximate surface area is 196 Å². The molecule has 4 aromatic rings. The van der Waals surface area contributed by atoms with Crippen molar-refractivity contribution in [2.75, 3.05) is 6.54 Å². The van der Waals surface area contributed by atoms with Crippen molar-refractivity contribution in [2.24, 2.45) is 0 Å². The minimum Gasteiger partial charge on any atom is -0.506 e. The lowest BCUT2D eigenvalue weighted by Gasteiger charge is -2.25. The number of benzene rings is 3. The molecule has 5 rings (SSSR count). The first kappa shape index (κ1) is 21.6. The number of hydrogen-bond donors (Lipinski definition) is 2. The van der Waals surface area contributed by atoms with Crippen LogP contribution in [0.1, 0.15) is 34.3 Å². The summed E-state index contributed by atoms with van der Waals surface area (Å²) in [5.74, 6) is -0.564. The minimum atomic E-state index is -0.569. The van der Waals surface area contributed by atoms with Gasteiger partial charge >= 0.3 is 0 Å². The van der Waals surface area contributed by atoms with Crippen LogP contribution in [-0.2, 0) is 17.9 Å². The van der Waals surface area contributed by atoms with E-state index in [9.17, 15) is 14.7 Å². The van der Waals surface area contributed by atoms with Crippen LogP contribution in [0.4, 0.5) is 0 Å². The summed E-state index contributed by atoms with van der Waals surface area (Å²) in [5.41, 5.74) is 2.24. The summed E-state index contributed by atoms with van der Waals surface area (Å²) in [6.45, 7) is 1.39. The van der Waals surface area contributed by atoms with Crippen LogP contribution < -0.4 is 5.32 Å². The third kappa shape index (κ3) is 4.22. The summed E-state index contributed by atoms with van der Waals surface area (Å²) in [6.07, 6.45) is 4.47. The first-order valence-electron chi connectivity index (χ1n) is 11.3. The molecule has 0 radical (unpaired) electrons. The van der Waals surface area contributed by atoms with Crippen molar-refractivity contribution in [1.29, 1.82) is 0 Å². The van der Waals surface area contributed by atoms with Crippen molar-refractivity contribution in [3.05, 3.63) is 90.0 Å². The summed E-state index contributed by atoms with van der Waals surface area (Å²) in [6, 6.07) is 18.1. The molecular formula is C26H25N5O3. The summed E-state index contributed by atoms with van der Waals surface area (Å²) in [5, 5.41) is 19.4. The van der Waals surface area contributed by atoms with Crippen LogP contribution in [-0.4, -0.2) is 49.2 Å². The van der Waals surface area contributed by atoms with Crippen molar-refractivity contribution in [1.82, 2.24) is 25.0 Å².